The van der Waals surface area contributed by atoms with E-state index in [1.54, 1.807) is 0 Å². The first-order valence-corrected chi connectivity index (χ1v) is 28.6. The van der Waals surface area contributed by atoms with E-state index in [1.807, 2.05) is 0 Å². The molecule has 7 heterocycles. The Balaban J connectivity index is 1.37. The Hall–Kier alpha value is -3.40. The summed E-state index contributed by atoms with van der Waals surface area (Å²) in [7, 11) is 0. The number of aliphatic hydroxyl groups is 19. The Morgan fingerprint density at radius 2 is 0.589 bits per heavy atom. The fourth-order valence-electron chi connectivity index (χ4n) is 11.5. The van der Waals surface area contributed by atoms with Gasteiger partial charge < -0.3 is 180 Å². The van der Waals surface area contributed by atoms with Crippen LogP contribution in [0.15, 0.2) is 0 Å². The third kappa shape index (κ3) is 16.4. The van der Waals surface area contributed by atoms with Crippen molar-refractivity contribution >= 4 is 23.6 Å². The Morgan fingerprint density at radius 1 is 0.289 bits per heavy atom. The van der Waals surface area contributed by atoms with Crippen molar-refractivity contribution in [2.24, 2.45) is 0 Å². The van der Waals surface area contributed by atoms with E-state index < -0.39 is 285 Å². The average Bonchev–Trinajstić information content (AvgIpc) is 0.809. The maximum Gasteiger partial charge on any atom is 0.217 e. The average molecular weight is 1320 g/mol. The Bertz CT molecular complexity index is 2310. The van der Waals surface area contributed by atoms with Gasteiger partial charge in [0, 0.05) is 27.7 Å². The highest BCUT2D eigenvalue weighted by Crippen LogP contribution is 2.39. The largest absolute Gasteiger partial charge is 0.394 e. The summed E-state index contributed by atoms with van der Waals surface area (Å²) in [6, 6.07) is -7.12. The highest BCUT2D eigenvalue weighted by molar-refractivity contribution is 5.74. The van der Waals surface area contributed by atoms with Crippen molar-refractivity contribution in [3.63, 3.8) is 0 Å². The van der Waals surface area contributed by atoms with Crippen molar-refractivity contribution in [2.45, 2.75) is 242 Å². The fraction of sp³-hybridized carbons (Fsp3) is 0.920. The number of nitrogens with one attached hydrogen (secondary N) is 4. The van der Waals surface area contributed by atoms with Crippen LogP contribution in [0.5, 0.6) is 0 Å². The molecule has 0 bridgehead atoms. The summed E-state index contributed by atoms with van der Waals surface area (Å²) in [4.78, 5) is 50.0. The molecule has 0 aromatic carbocycles. The predicted octanol–water partition coefficient (Wildman–Crippen LogP) is -15.7. The number of hydrogen-bond acceptors (Lipinski definition) is 36. The number of amides is 4. The molecule has 0 radical (unpaired) electrons. The van der Waals surface area contributed by atoms with Gasteiger partial charge in [0.25, 0.3) is 0 Å². The zero-order valence-electron chi connectivity index (χ0n) is 48.6. The molecule has 0 saturated carbocycles. The highest BCUT2D eigenvalue weighted by atomic mass is 16.8. The van der Waals surface area contributed by atoms with Crippen molar-refractivity contribution in [1.82, 2.24) is 21.3 Å². The van der Waals surface area contributed by atoms with Gasteiger partial charge in [0.1, 0.15) is 171 Å². The lowest BCUT2D eigenvalue weighted by molar-refractivity contribution is -0.406. The number of carbonyl (C=O) groups excluding carboxylic acids is 4. The molecule has 520 valence electrons. The van der Waals surface area contributed by atoms with Crippen LogP contribution in [-0.4, -0.2) is 382 Å². The van der Waals surface area contributed by atoms with Gasteiger partial charge in [0.2, 0.25) is 23.6 Å². The maximum atomic E-state index is 12.8. The molecule has 23 N–H and O–H groups in total. The quantitative estimate of drug-likeness (QED) is 0.0452. The third-order valence-electron chi connectivity index (χ3n) is 16.1. The summed E-state index contributed by atoms with van der Waals surface area (Å²) >= 11 is 0. The molecule has 7 fully saturated rings. The Morgan fingerprint density at radius 3 is 0.967 bits per heavy atom. The zero-order valence-corrected chi connectivity index (χ0v) is 48.6. The van der Waals surface area contributed by atoms with Crippen molar-refractivity contribution in [1.29, 1.82) is 0 Å². The second kappa shape index (κ2) is 32.4. The first kappa shape index (κ1) is 74.0. The Kier molecular flexibility index (Phi) is 26.6. The molecular weight excluding hydrogens is 1230 g/mol. The molecule has 0 aromatic rings. The summed E-state index contributed by atoms with van der Waals surface area (Å²) in [6.07, 6.45) is -63.9. The number of aliphatic hydroxyl groups excluding tert-OH is 19. The van der Waals surface area contributed by atoms with E-state index in [-0.39, 0.29) is 0 Å². The summed E-state index contributed by atoms with van der Waals surface area (Å²) < 4.78 is 78.4. The van der Waals surface area contributed by atoms with Gasteiger partial charge in [0.15, 0.2) is 44.0 Å². The molecule has 40 nitrogen and oxygen atoms in total. The molecule has 7 aliphatic rings. The second-order valence-corrected chi connectivity index (χ2v) is 22.5. The lowest BCUT2D eigenvalue weighted by Crippen LogP contribution is -2.71. The summed E-state index contributed by atoms with van der Waals surface area (Å²) in [6.45, 7) is -3.51. The van der Waals surface area contributed by atoms with Gasteiger partial charge in [-0.2, -0.15) is 0 Å². The van der Waals surface area contributed by atoms with Crippen molar-refractivity contribution in [2.75, 3.05) is 46.2 Å². The highest BCUT2D eigenvalue weighted by Gasteiger charge is 2.60. The summed E-state index contributed by atoms with van der Waals surface area (Å²) in [5.74, 6) is -3.43. The second-order valence-electron chi connectivity index (χ2n) is 22.5. The van der Waals surface area contributed by atoms with Gasteiger partial charge in [0.05, 0.1) is 46.2 Å². The van der Waals surface area contributed by atoms with E-state index in [4.69, 9.17) is 61.6 Å². The van der Waals surface area contributed by atoms with E-state index >= 15 is 0 Å². The minimum absolute atomic E-state index is 0.829. The van der Waals surface area contributed by atoms with Crippen LogP contribution in [0.1, 0.15) is 27.7 Å². The van der Waals surface area contributed by atoms with Gasteiger partial charge in [-0.1, -0.05) is 0 Å². The number of rotatable bonds is 23. The van der Waals surface area contributed by atoms with Crippen molar-refractivity contribution in [3.8, 4) is 0 Å². The van der Waals surface area contributed by atoms with Gasteiger partial charge in [-0.15, -0.1) is 0 Å². The first-order chi connectivity index (χ1) is 42.5. The lowest BCUT2D eigenvalue weighted by Gasteiger charge is -2.52. The van der Waals surface area contributed by atoms with Crippen LogP contribution in [0.4, 0.5) is 0 Å². The topological polar surface area (TPSA) is 621 Å². The van der Waals surface area contributed by atoms with Gasteiger partial charge in [-0.25, -0.2) is 0 Å². The predicted molar refractivity (Wildman–Crippen MR) is 278 cm³/mol. The number of hydrogen-bond donors (Lipinski definition) is 23. The van der Waals surface area contributed by atoms with Crippen molar-refractivity contribution < 1.29 is 178 Å². The smallest absolute Gasteiger partial charge is 0.217 e. The van der Waals surface area contributed by atoms with E-state index in [0.717, 1.165) is 27.7 Å². The normalized spacial score (nSPS) is 47.6. The third-order valence-corrected chi connectivity index (χ3v) is 16.1. The van der Waals surface area contributed by atoms with E-state index in [0.29, 0.717) is 0 Å². The Labute approximate surface area is 510 Å². The minimum Gasteiger partial charge on any atom is -0.394 e. The molecule has 0 spiro atoms. The van der Waals surface area contributed by atoms with Gasteiger partial charge in [-0.3, -0.25) is 19.2 Å². The molecule has 1 unspecified atom stereocenters. The van der Waals surface area contributed by atoms with Gasteiger partial charge in [-0.05, 0) is 0 Å². The van der Waals surface area contributed by atoms with Crippen LogP contribution in [0.25, 0.3) is 0 Å². The van der Waals surface area contributed by atoms with E-state index in [9.17, 15) is 116 Å². The van der Waals surface area contributed by atoms with Crippen LogP contribution in [0, 0.1) is 0 Å². The van der Waals surface area contributed by atoms with E-state index in [1.165, 1.54) is 0 Å². The molecule has 4 amide bonds. The molecule has 7 rings (SSSR count). The molecule has 90 heavy (non-hydrogen) atoms. The molecule has 7 saturated heterocycles. The molecular formula is C50H84N4O36. The van der Waals surface area contributed by atoms with Crippen LogP contribution < -0.4 is 21.3 Å². The standard InChI is InChI=1S/C50H84N4O36/c1-12(61)51-23-35(73)39(21(10-60)79-44(23)77)86-48-38(76)41(88-50-43(37(75)31(69)20(9-59)84-50)90-47-26(54-15(4)64)34(72)29(67)18(7-57)82-47)40(87-45-24(52-13(2)62)32(70)27(65)16(5-55)80-45)22(85-48)11-78-49-42(36(74)30(68)19(8-58)83-49)89-46-25(53-14(3)63)33(71)28(66)17(6-56)81-46/h16-50,55-60,65-77H,5-11H2,1-4H3,(H,51,61)(H,52,62)(H,53,63)(H,54,64)/t16-,17-,18-,19-,20-,21-,22-,23-,24-,25-,26-,27-,28-,29-,30-,31-,32-,33-,34-,35-,36+,37+,38+,39-,40-,41-,42+,43+,44?,45+,46+,47+,48+,49+,50-/m1/s1. The SMILES string of the molecule is CC(=O)N[C@H]1[C@H](O[C@@H]2[C@@H](OC[C@H]3O[C@@H](O[C@H]4[C@H](O)[C@@H](NC(C)=O)C(O)O[C@@H]4CO)[C@@H](O)[C@@H](O[C@H]4O[C@H](CO)[C@@H](O)[C@H](O)[C@@H]4O[C@@H]4O[C@H](CO)[C@@H](O)[C@H](O)[C@H]4NC(C)=O)[C@@H]3O[C@@H]3O[C@H](CO)[C@@H](O)[C@H](O)[C@H]3NC(C)=O)O[C@H](CO)[C@@H](O)[C@@H]2O)O[C@H](CO)[C@@H](O)[C@@H]1O. The lowest BCUT2D eigenvalue weighted by atomic mass is 9.94. The number of ether oxygens (including phenoxy) is 13. The molecule has 0 aromatic heterocycles. The maximum absolute atomic E-state index is 12.8. The minimum atomic E-state index is -2.53. The molecule has 0 aliphatic carbocycles. The number of carbonyl (C=O) groups is 4. The van der Waals surface area contributed by atoms with Crippen LogP contribution >= 0.6 is 0 Å². The molecule has 40 heteroatoms. The monoisotopic (exact) mass is 1320 g/mol. The van der Waals surface area contributed by atoms with Gasteiger partial charge >= 0.3 is 0 Å². The van der Waals surface area contributed by atoms with Crippen LogP contribution in [-0.2, 0) is 80.8 Å². The molecule has 7 aliphatic heterocycles. The summed E-state index contributed by atoms with van der Waals surface area (Å²) in [5.41, 5.74) is 0. The van der Waals surface area contributed by atoms with Crippen molar-refractivity contribution in [3.05, 3.63) is 0 Å². The zero-order chi connectivity index (χ0) is 66.5. The molecule has 35 atom stereocenters. The van der Waals surface area contributed by atoms with E-state index in [2.05, 4.69) is 21.3 Å². The fourth-order valence-corrected chi connectivity index (χ4v) is 11.5. The van der Waals surface area contributed by atoms with Crippen LogP contribution in [0.3, 0.4) is 0 Å². The first-order valence-electron chi connectivity index (χ1n) is 28.6. The van der Waals surface area contributed by atoms with Crippen LogP contribution in [0.2, 0.25) is 0 Å². The summed E-state index contributed by atoms with van der Waals surface area (Å²) in [5, 5.41) is 219.